The molecule has 0 amide bonds. The van der Waals surface area contributed by atoms with Crippen LogP contribution in [0.1, 0.15) is 33.6 Å². The van der Waals surface area contributed by atoms with Crippen molar-refractivity contribution in [2.45, 2.75) is 33.6 Å². The lowest BCUT2D eigenvalue weighted by Gasteiger charge is -2.31. The van der Waals surface area contributed by atoms with E-state index in [0.29, 0.717) is 5.92 Å². The fraction of sp³-hybridized carbons (Fsp3) is 0.933. The average Bonchev–Trinajstić information content (AvgIpc) is 2.49. The molecule has 0 spiro atoms. The summed E-state index contributed by atoms with van der Waals surface area (Å²) in [5, 5.41) is 6.61. The number of likely N-dealkylation sites (tertiary alicyclic amines) is 1. The van der Waals surface area contributed by atoms with Crippen LogP contribution in [0.4, 0.5) is 0 Å². The molecule has 0 aromatic heterocycles. The highest BCUT2D eigenvalue weighted by atomic mass is 16.5. The first kappa shape index (κ1) is 17.2. The molecule has 118 valence electrons. The molecule has 0 saturated carbocycles. The Balaban J connectivity index is 2.33. The topological polar surface area (TPSA) is 48.9 Å². The number of rotatable bonds is 8. The molecule has 2 N–H and O–H groups in total. The van der Waals surface area contributed by atoms with Crippen LogP contribution in [-0.2, 0) is 4.74 Å². The van der Waals surface area contributed by atoms with Crippen LogP contribution in [-0.4, -0.2) is 63.3 Å². The van der Waals surface area contributed by atoms with Crippen molar-refractivity contribution < 1.29 is 4.74 Å². The summed E-state index contributed by atoms with van der Waals surface area (Å²) in [4.78, 5) is 7.24. The zero-order chi connectivity index (χ0) is 14.6. The Bertz CT molecular complexity index is 271. The molecular weight excluding hydrogens is 252 g/mol. The summed E-state index contributed by atoms with van der Waals surface area (Å²) >= 11 is 0. The predicted molar refractivity (Wildman–Crippen MR) is 85.3 cm³/mol. The normalized spacial score (nSPS) is 20.9. The number of ether oxygens (including phenoxy) is 1. The summed E-state index contributed by atoms with van der Waals surface area (Å²) in [6, 6.07) is 0. The Kier molecular flexibility index (Phi) is 9.41. The number of piperidine rings is 1. The zero-order valence-corrected chi connectivity index (χ0v) is 13.5. The zero-order valence-electron chi connectivity index (χ0n) is 13.5. The summed E-state index contributed by atoms with van der Waals surface area (Å²) in [5.41, 5.74) is 0. The van der Waals surface area contributed by atoms with Crippen LogP contribution in [0.3, 0.4) is 0 Å². The lowest BCUT2D eigenvalue weighted by molar-refractivity contribution is 0.152. The minimum atomic E-state index is 0.700. The second-order valence-corrected chi connectivity index (χ2v) is 5.24. The van der Waals surface area contributed by atoms with E-state index < -0.39 is 0 Å². The fourth-order valence-electron chi connectivity index (χ4n) is 2.54. The molecule has 0 aliphatic carbocycles. The van der Waals surface area contributed by atoms with Crippen LogP contribution < -0.4 is 10.6 Å². The summed E-state index contributed by atoms with van der Waals surface area (Å²) in [6.07, 6.45) is 2.61. The Morgan fingerprint density at radius 1 is 1.30 bits per heavy atom. The van der Waals surface area contributed by atoms with Gasteiger partial charge in [0.2, 0.25) is 0 Å². The highest BCUT2D eigenvalue weighted by Gasteiger charge is 2.18. The van der Waals surface area contributed by atoms with Crippen molar-refractivity contribution in [3.8, 4) is 0 Å². The van der Waals surface area contributed by atoms with E-state index >= 15 is 0 Å². The summed E-state index contributed by atoms with van der Waals surface area (Å²) in [6.45, 7) is 14.1. The molecule has 1 rings (SSSR count). The van der Waals surface area contributed by atoms with Gasteiger partial charge in [-0.25, -0.2) is 0 Å². The number of guanidine groups is 1. The van der Waals surface area contributed by atoms with Crippen molar-refractivity contribution in [2.75, 3.05) is 52.5 Å². The van der Waals surface area contributed by atoms with Gasteiger partial charge in [-0.3, -0.25) is 4.99 Å². The predicted octanol–water partition coefficient (Wildman–Crippen LogP) is 1.31. The molecule has 0 radical (unpaired) electrons. The van der Waals surface area contributed by atoms with Gasteiger partial charge in [0.25, 0.3) is 0 Å². The van der Waals surface area contributed by atoms with Gasteiger partial charge < -0.3 is 20.3 Å². The van der Waals surface area contributed by atoms with Crippen LogP contribution in [0.15, 0.2) is 4.99 Å². The van der Waals surface area contributed by atoms with E-state index in [0.717, 1.165) is 45.4 Å². The van der Waals surface area contributed by atoms with Crippen molar-refractivity contribution in [1.29, 1.82) is 0 Å². The minimum absolute atomic E-state index is 0.700. The Morgan fingerprint density at radius 2 is 2.15 bits per heavy atom. The van der Waals surface area contributed by atoms with Crippen LogP contribution in [0.2, 0.25) is 0 Å². The summed E-state index contributed by atoms with van der Waals surface area (Å²) in [5.74, 6) is 1.62. The summed E-state index contributed by atoms with van der Waals surface area (Å²) < 4.78 is 5.33. The molecule has 1 unspecified atom stereocenters. The van der Waals surface area contributed by atoms with Crippen LogP contribution >= 0.6 is 0 Å². The maximum atomic E-state index is 5.33. The lowest BCUT2D eigenvalue weighted by atomic mass is 9.98. The van der Waals surface area contributed by atoms with Crippen molar-refractivity contribution in [3.05, 3.63) is 0 Å². The van der Waals surface area contributed by atoms with Gasteiger partial charge in [-0.2, -0.15) is 0 Å². The average molecular weight is 284 g/mol. The van der Waals surface area contributed by atoms with E-state index in [2.05, 4.69) is 29.4 Å². The fourth-order valence-corrected chi connectivity index (χ4v) is 2.54. The minimum Gasteiger partial charge on any atom is -0.380 e. The Morgan fingerprint density at radius 3 is 2.85 bits per heavy atom. The smallest absolute Gasteiger partial charge is 0.191 e. The highest BCUT2D eigenvalue weighted by molar-refractivity contribution is 5.79. The Hall–Kier alpha value is -0.810. The molecule has 0 aromatic rings. The van der Waals surface area contributed by atoms with Crippen LogP contribution in [0.25, 0.3) is 0 Å². The van der Waals surface area contributed by atoms with E-state index in [1.807, 2.05) is 6.92 Å². The monoisotopic (exact) mass is 284 g/mol. The molecule has 1 fully saturated rings. The van der Waals surface area contributed by atoms with Gasteiger partial charge in [-0.15, -0.1) is 0 Å². The van der Waals surface area contributed by atoms with Gasteiger partial charge in [-0.05, 0) is 45.7 Å². The maximum absolute atomic E-state index is 5.33. The third-order valence-electron chi connectivity index (χ3n) is 3.65. The molecule has 5 nitrogen and oxygen atoms in total. The lowest BCUT2D eigenvalue weighted by Crippen LogP contribution is -2.40. The van der Waals surface area contributed by atoms with Gasteiger partial charge in [-0.1, -0.05) is 6.92 Å². The molecule has 0 bridgehead atoms. The van der Waals surface area contributed by atoms with E-state index in [4.69, 9.17) is 9.73 Å². The molecule has 1 heterocycles. The first-order chi connectivity index (χ1) is 9.80. The van der Waals surface area contributed by atoms with Gasteiger partial charge in [0.15, 0.2) is 5.96 Å². The molecule has 20 heavy (non-hydrogen) atoms. The highest BCUT2D eigenvalue weighted by Crippen LogP contribution is 2.16. The number of hydrogen-bond acceptors (Lipinski definition) is 3. The third-order valence-corrected chi connectivity index (χ3v) is 3.65. The van der Waals surface area contributed by atoms with E-state index in [9.17, 15) is 0 Å². The standard InChI is InChI=1S/C15H32N4O/c1-4-16-15(17-9-11-20-6-3)18-12-14-8-7-10-19(5-2)13-14/h14H,4-13H2,1-3H3,(H2,16,17,18). The number of aliphatic imine (C=N–C) groups is 1. The van der Waals surface area contributed by atoms with Crippen LogP contribution in [0.5, 0.6) is 0 Å². The second kappa shape index (κ2) is 10.9. The molecule has 1 saturated heterocycles. The van der Waals surface area contributed by atoms with Crippen molar-refractivity contribution >= 4 is 5.96 Å². The molecule has 1 atom stereocenters. The largest absolute Gasteiger partial charge is 0.380 e. The number of nitrogens with one attached hydrogen (secondary N) is 2. The number of nitrogens with zero attached hydrogens (tertiary/aromatic N) is 2. The van der Waals surface area contributed by atoms with Crippen molar-refractivity contribution in [3.63, 3.8) is 0 Å². The van der Waals surface area contributed by atoms with Gasteiger partial charge in [0.1, 0.15) is 0 Å². The van der Waals surface area contributed by atoms with Gasteiger partial charge in [0.05, 0.1) is 6.61 Å². The SMILES string of the molecule is CCNC(=NCC1CCCN(CC)C1)NCCOCC. The van der Waals surface area contributed by atoms with Crippen LogP contribution in [0, 0.1) is 5.92 Å². The van der Waals surface area contributed by atoms with E-state index in [1.54, 1.807) is 0 Å². The van der Waals surface area contributed by atoms with Gasteiger partial charge >= 0.3 is 0 Å². The van der Waals surface area contributed by atoms with E-state index in [-0.39, 0.29) is 0 Å². The maximum Gasteiger partial charge on any atom is 0.191 e. The molecule has 1 aliphatic heterocycles. The Labute approximate surface area is 124 Å². The molecular formula is C15H32N4O. The first-order valence-corrected chi connectivity index (χ1v) is 8.12. The summed E-state index contributed by atoms with van der Waals surface area (Å²) in [7, 11) is 0. The molecule has 1 aliphatic rings. The van der Waals surface area contributed by atoms with Crippen molar-refractivity contribution in [2.24, 2.45) is 10.9 Å². The van der Waals surface area contributed by atoms with E-state index in [1.165, 1.54) is 25.9 Å². The first-order valence-electron chi connectivity index (χ1n) is 8.12. The van der Waals surface area contributed by atoms with Gasteiger partial charge in [0, 0.05) is 32.8 Å². The second-order valence-electron chi connectivity index (χ2n) is 5.24. The molecule has 0 aromatic carbocycles. The molecule has 5 heteroatoms. The van der Waals surface area contributed by atoms with Crippen molar-refractivity contribution in [1.82, 2.24) is 15.5 Å². The quantitative estimate of drug-likeness (QED) is 0.401. The third kappa shape index (κ3) is 7.10. The number of hydrogen-bond donors (Lipinski definition) is 2.